The van der Waals surface area contributed by atoms with Crippen LogP contribution < -0.4 is 5.32 Å². The zero-order valence-electron chi connectivity index (χ0n) is 24.4. The van der Waals surface area contributed by atoms with E-state index in [1.54, 1.807) is 10.9 Å². The van der Waals surface area contributed by atoms with E-state index in [-0.39, 0.29) is 18.2 Å². The van der Waals surface area contributed by atoms with Crippen LogP contribution in [0.25, 0.3) is 27.8 Å². The minimum absolute atomic E-state index is 0.0407. The number of hydrogen-bond donors (Lipinski definition) is 2. The lowest BCUT2D eigenvalue weighted by Gasteiger charge is -2.37. The number of nitrogens with zero attached hydrogens (tertiary/aromatic N) is 4. The van der Waals surface area contributed by atoms with Crippen LogP contribution in [0.1, 0.15) is 27.4 Å². The Labute approximate surface area is 259 Å². The summed E-state index contributed by atoms with van der Waals surface area (Å²) in [6.07, 6.45) is 3.58. The first-order chi connectivity index (χ1) is 22.0. The van der Waals surface area contributed by atoms with Gasteiger partial charge in [0.15, 0.2) is 5.78 Å². The number of carbonyl (C=O) groups excluding carboxylic acids is 2. The van der Waals surface area contributed by atoms with Gasteiger partial charge in [-0.2, -0.15) is 10.4 Å². The van der Waals surface area contributed by atoms with Gasteiger partial charge >= 0.3 is 0 Å². The van der Waals surface area contributed by atoms with Gasteiger partial charge in [0.1, 0.15) is 11.0 Å². The summed E-state index contributed by atoms with van der Waals surface area (Å²) in [4.78, 5) is 34.7. The number of aromatic amines is 1. The molecule has 1 amide bonds. The van der Waals surface area contributed by atoms with E-state index in [1.165, 1.54) is 0 Å². The van der Waals surface area contributed by atoms with Crippen molar-refractivity contribution in [1.29, 1.82) is 5.26 Å². The number of benzene rings is 4. The maximum Gasteiger partial charge on any atom is 0.250 e. The standard InChI is InChI=1S/C37H28N6O2/c1-42-23-36(22-38,34(44)27-20-39-30-18-10-8-16-26(27)30)33(37(42)29-17-9-11-19-31(29)40-35(37)45)28-21-43(25-14-6-3-7-15-25)41-32(28)24-12-4-2-5-13-24/h2-21,33,39H,23H2,1H3,(H,40,45)/t33-,36+,37+/m1/s1. The Hall–Kier alpha value is -5.78. The molecule has 0 aliphatic carbocycles. The molecule has 3 atom stereocenters. The van der Waals surface area contributed by atoms with Crippen LogP contribution in [0.3, 0.4) is 0 Å². The molecule has 4 aromatic carbocycles. The molecule has 8 heteroatoms. The molecule has 8 nitrogen and oxygen atoms in total. The number of amides is 1. The fourth-order valence-corrected chi connectivity index (χ4v) is 7.57. The van der Waals surface area contributed by atoms with Crippen LogP contribution in [0.5, 0.6) is 0 Å². The number of nitriles is 1. The highest BCUT2D eigenvalue weighted by atomic mass is 16.2. The van der Waals surface area contributed by atoms with Crippen LogP contribution in [0.4, 0.5) is 5.69 Å². The molecule has 8 rings (SSSR count). The molecule has 45 heavy (non-hydrogen) atoms. The van der Waals surface area contributed by atoms with Crippen LogP contribution in [0, 0.1) is 16.7 Å². The first-order valence-electron chi connectivity index (χ1n) is 14.8. The number of hydrogen-bond acceptors (Lipinski definition) is 5. The van der Waals surface area contributed by atoms with Gasteiger partial charge in [0.05, 0.1) is 17.5 Å². The summed E-state index contributed by atoms with van der Waals surface area (Å²) in [5.41, 5.74) is 2.53. The highest BCUT2D eigenvalue weighted by Crippen LogP contribution is 2.62. The van der Waals surface area contributed by atoms with Crippen LogP contribution in [0.2, 0.25) is 0 Å². The summed E-state index contributed by atoms with van der Waals surface area (Å²) in [6, 6.07) is 37.1. The van der Waals surface area contributed by atoms with Crippen molar-refractivity contribution < 1.29 is 9.59 Å². The van der Waals surface area contributed by atoms with Crippen molar-refractivity contribution >= 4 is 28.3 Å². The number of likely N-dealkylation sites (N-methyl/N-ethyl adjacent to an activating group) is 1. The van der Waals surface area contributed by atoms with E-state index in [4.69, 9.17) is 5.10 Å². The second-order valence-electron chi connectivity index (χ2n) is 11.8. The lowest BCUT2D eigenvalue weighted by molar-refractivity contribution is -0.126. The SMILES string of the molecule is CN1C[C@](C#N)(C(=O)c2c[nH]c3ccccc23)[C@@H](c2cn(-c3ccccc3)nc2-c2ccccc2)[C@@]12C(=O)Nc1ccccc12. The smallest absolute Gasteiger partial charge is 0.250 e. The molecule has 1 fully saturated rings. The number of carbonyl (C=O) groups is 2. The Morgan fingerprint density at radius 2 is 1.62 bits per heavy atom. The number of para-hydroxylation sites is 3. The van der Waals surface area contributed by atoms with Gasteiger partial charge in [0.25, 0.3) is 0 Å². The molecule has 2 aliphatic rings. The minimum atomic E-state index is -1.65. The van der Waals surface area contributed by atoms with E-state index in [1.807, 2.05) is 127 Å². The number of anilines is 1. The molecule has 0 radical (unpaired) electrons. The normalized spacial score (nSPS) is 22.4. The summed E-state index contributed by atoms with van der Waals surface area (Å²) in [5.74, 6) is -1.52. The molecule has 1 saturated heterocycles. The van der Waals surface area contributed by atoms with Crippen molar-refractivity contribution in [3.8, 4) is 23.0 Å². The first-order valence-corrected chi connectivity index (χ1v) is 14.8. The number of nitrogens with one attached hydrogen (secondary N) is 2. The largest absolute Gasteiger partial charge is 0.360 e. The van der Waals surface area contributed by atoms with Gasteiger partial charge < -0.3 is 10.3 Å². The molecule has 6 aromatic rings. The molecule has 2 aliphatic heterocycles. The fourth-order valence-electron chi connectivity index (χ4n) is 7.57. The van der Waals surface area contributed by atoms with E-state index in [2.05, 4.69) is 16.4 Å². The van der Waals surface area contributed by atoms with Crippen LogP contribution in [-0.2, 0) is 10.3 Å². The topological polar surface area (TPSA) is 107 Å². The van der Waals surface area contributed by atoms with Gasteiger partial charge in [-0.25, -0.2) is 4.68 Å². The van der Waals surface area contributed by atoms with Gasteiger partial charge in [0.2, 0.25) is 5.91 Å². The lowest BCUT2D eigenvalue weighted by Crippen LogP contribution is -2.49. The van der Waals surface area contributed by atoms with Crippen LogP contribution in [0.15, 0.2) is 122 Å². The summed E-state index contributed by atoms with van der Waals surface area (Å²) >= 11 is 0. The molecule has 0 saturated carbocycles. The molecule has 4 heterocycles. The van der Waals surface area contributed by atoms with Crippen molar-refractivity contribution in [2.75, 3.05) is 18.9 Å². The van der Waals surface area contributed by atoms with E-state index in [9.17, 15) is 10.1 Å². The lowest BCUT2D eigenvalue weighted by atomic mass is 9.62. The number of likely N-dealkylation sites (tertiary alicyclic amines) is 1. The number of Topliss-reactive ketones (excluding diaryl/α,β-unsaturated/α-hetero) is 1. The molecule has 218 valence electrons. The third-order valence-corrected chi connectivity index (χ3v) is 9.49. The Bertz CT molecular complexity index is 2160. The predicted octanol–water partition coefficient (Wildman–Crippen LogP) is 6.29. The van der Waals surface area contributed by atoms with Crippen LogP contribution >= 0.6 is 0 Å². The second-order valence-corrected chi connectivity index (χ2v) is 11.8. The first kappa shape index (κ1) is 26.8. The highest BCUT2D eigenvalue weighted by molar-refractivity contribution is 6.15. The summed E-state index contributed by atoms with van der Waals surface area (Å²) < 4.78 is 1.78. The maximum atomic E-state index is 15.1. The average molecular weight is 589 g/mol. The minimum Gasteiger partial charge on any atom is -0.360 e. The third-order valence-electron chi connectivity index (χ3n) is 9.49. The van der Waals surface area contributed by atoms with E-state index >= 15 is 4.79 Å². The number of fused-ring (bicyclic) bond motifs is 3. The number of aromatic nitrogens is 3. The van der Waals surface area contributed by atoms with Gasteiger partial charge in [0, 0.05) is 63.7 Å². The Morgan fingerprint density at radius 3 is 2.40 bits per heavy atom. The van der Waals surface area contributed by atoms with E-state index < -0.39 is 16.9 Å². The van der Waals surface area contributed by atoms with E-state index in [0.717, 1.165) is 27.7 Å². The molecule has 2 N–H and O–H groups in total. The predicted molar refractivity (Wildman–Crippen MR) is 172 cm³/mol. The number of H-pyrrole nitrogens is 1. The zero-order chi connectivity index (χ0) is 30.8. The average Bonchev–Trinajstić information content (AvgIpc) is 3.84. The highest BCUT2D eigenvalue weighted by Gasteiger charge is 2.71. The van der Waals surface area contributed by atoms with Gasteiger partial charge in [-0.05, 0) is 31.3 Å². The van der Waals surface area contributed by atoms with E-state index in [0.29, 0.717) is 22.5 Å². The fraction of sp³-hybridized carbons (Fsp3) is 0.135. The molecule has 2 aromatic heterocycles. The second kappa shape index (κ2) is 9.88. The summed E-state index contributed by atoms with van der Waals surface area (Å²) in [7, 11) is 1.83. The monoisotopic (exact) mass is 588 g/mol. The van der Waals surface area contributed by atoms with Gasteiger partial charge in [-0.15, -0.1) is 0 Å². The van der Waals surface area contributed by atoms with Crippen molar-refractivity contribution in [3.63, 3.8) is 0 Å². The van der Waals surface area contributed by atoms with Gasteiger partial charge in [-0.1, -0.05) is 84.9 Å². The quantitative estimate of drug-likeness (QED) is 0.230. The molecule has 0 unspecified atom stereocenters. The summed E-state index contributed by atoms with van der Waals surface area (Å²) in [6.45, 7) is 0.0407. The van der Waals surface area contributed by atoms with Crippen molar-refractivity contribution in [2.24, 2.45) is 5.41 Å². The number of rotatable bonds is 5. The van der Waals surface area contributed by atoms with Gasteiger partial charge in [-0.3, -0.25) is 14.5 Å². The molecular weight excluding hydrogens is 560 g/mol. The third kappa shape index (κ3) is 3.65. The summed E-state index contributed by atoms with van der Waals surface area (Å²) in [5, 5.41) is 20.2. The number of ketones is 1. The van der Waals surface area contributed by atoms with Crippen molar-refractivity contribution in [1.82, 2.24) is 19.7 Å². The molecular formula is C37H28N6O2. The molecule has 0 bridgehead atoms. The van der Waals surface area contributed by atoms with Crippen molar-refractivity contribution in [2.45, 2.75) is 11.5 Å². The Morgan fingerprint density at radius 1 is 0.933 bits per heavy atom. The maximum absolute atomic E-state index is 15.1. The van der Waals surface area contributed by atoms with Crippen molar-refractivity contribution in [3.05, 3.63) is 138 Å². The van der Waals surface area contributed by atoms with Crippen LogP contribution in [-0.4, -0.2) is 44.9 Å². The Kier molecular flexibility index (Phi) is 5.89. The zero-order valence-corrected chi connectivity index (χ0v) is 24.4. The Balaban J connectivity index is 1.46. The molecule has 1 spiro atoms.